The van der Waals surface area contributed by atoms with Crippen LogP contribution in [-0.2, 0) is 14.4 Å². The van der Waals surface area contributed by atoms with Crippen molar-refractivity contribution in [3.63, 3.8) is 0 Å². The van der Waals surface area contributed by atoms with Crippen LogP contribution in [0.4, 0.5) is 5.69 Å². The van der Waals surface area contributed by atoms with Gasteiger partial charge in [0.25, 0.3) is 0 Å². The average Bonchev–Trinajstić information content (AvgIpc) is 3.17. The fourth-order valence-corrected chi connectivity index (χ4v) is 3.27. The second-order valence-electron chi connectivity index (χ2n) is 6.03. The van der Waals surface area contributed by atoms with Gasteiger partial charge in [-0.05, 0) is 19.8 Å². The summed E-state index contributed by atoms with van der Waals surface area (Å²) < 4.78 is 0. The number of aliphatic carboxylic acids is 1. The number of hydrogen-bond donors (Lipinski definition) is 2. The number of hydrogen-bond acceptors (Lipinski definition) is 4. The monoisotopic (exact) mass is 306 g/mol. The Hall–Kier alpha value is -2.38. The third-order valence-electron chi connectivity index (χ3n) is 4.64. The number of rotatable bonds is 3. The molecule has 8 heteroatoms. The Kier molecular flexibility index (Phi) is 3.38. The lowest BCUT2D eigenvalue weighted by Gasteiger charge is -2.33. The predicted molar refractivity (Wildman–Crippen MR) is 76.0 cm³/mol. The fourth-order valence-electron chi connectivity index (χ4n) is 3.27. The molecule has 2 aliphatic rings. The number of carbonyl (C=O) groups is 3. The number of carboxylic acid groups (broad SMARTS) is 1. The molecule has 2 atom stereocenters. The van der Waals surface area contributed by atoms with Gasteiger partial charge in [-0.2, -0.15) is 5.10 Å². The maximum Gasteiger partial charge on any atom is 0.329 e. The lowest BCUT2D eigenvalue weighted by atomic mass is 9.97. The van der Waals surface area contributed by atoms with E-state index in [0.717, 1.165) is 0 Å². The minimum Gasteiger partial charge on any atom is -0.480 e. The van der Waals surface area contributed by atoms with Gasteiger partial charge in [-0.25, -0.2) is 4.79 Å². The first kappa shape index (κ1) is 14.6. The zero-order chi connectivity index (χ0) is 15.9. The van der Waals surface area contributed by atoms with Crippen LogP contribution in [0.5, 0.6) is 0 Å². The van der Waals surface area contributed by atoms with Crippen LogP contribution in [0.1, 0.15) is 26.2 Å². The Morgan fingerprint density at radius 2 is 2.27 bits per heavy atom. The maximum atomic E-state index is 12.7. The van der Waals surface area contributed by atoms with E-state index in [-0.39, 0.29) is 24.8 Å². The minimum absolute atomic E-state index is 0.107. The molecule has 3 rings (SSSR count). The van der Waals surface area contributed by atoms with E-state index in [1.54, 1.807) is 13.1 Å². The Balaban J connectivity index is 1.77. The number of anilines is 1. The molecule has 2 N–H and O–H groups in total. The van der Waals surface area contributed by atoms with Crippen LogP contribution in [0.3, 0.4) is 0 Å². The standard InChI is InChI=1S/C14H18N4O4/c1-14(13(21)22)3-2-4-18(14)12(20)9-5-11(19)17(8-9)10-6-15-16-7-10/h6-7,9H,2-5,8H2,1H3,(H,15,16)(H,21,22)/t9?,14-/m0/s1. The highest BCUT2D eigenvalue weighted by molar-refractivity contribution is 6.01. The quantitative estimate of drug-likeness (QED) is 0.831. The third kappa shape index (κ3) is 2.15. The molecule has 1 aromatic rings. The Morgan fingerprint density at radius 3 is 2.91 bits per heavy atom. The molecule has 3 heterocycles. The zero-order valence-corrected chi connectivity index (χ0v) is 12.3. The number of carbonyl (C=O) groups excluding carboxylic acids is 2. The molecule has 0 aliphatic carbocycles. The van der Waals surface area contributed by atoms with Crippen LogP contribution in [0, 0.1) is 5.92 Å². The first-order valence-electron chi connectivity index (χ1n) is 7.27. The fraction of sp³-hybridized carbons (Fsp3) is 0.571. The smallest absolute Gasteiger partial charge is 0.329 e. The third-order valence-corrected chi connectivity index (χ3v) is 4.64. The summed E-state index contributed by atoms with van der Waals surface area (Å²) in [5, 5.41) is 15.8. The molecular formula is C14H18N4O4. The summed E-state index contributed by atoms with van der Waals surface area (Å²) in [6.07, 6.45) is 4.35. The average molecular weight is 306 g/mol. The van der Waals surface area contributed by atoms with Gasteiger partial charge >= 0.3 is 5.97 Å². The Labute approximate surface area is 127 Å². The molecular weight excluding hydrogens is 288 g/mol. The van der Waals surface area contributed by atoms with E-state index in [4.69, 9.17) is 0 Å². The van der Waals surface area contributed by atoms with Crippen molar-refractivity contribution < 1.29 is 19.5 Å². The van der Waals surface area contributed by atoms with Gasteiger partial charge in [0.2, 0.25) is 11.8 Å². The van der Waals surface area contributed by atoms with Crippen molar-refractivity contribution in [2.24, 2.45) is 5.92 Å². The van der Waals surface area contributed by atoms with Gasteiger partial charge < -0.3 is 14.9 Å². The molecule has 0 bridgehead atoms. The highest BCUT2D eigenvalue weighted by Gasteiger charge is 2.49. The maximum absolute atomic E-state index is 12.7. The molecule has 2 fully saturated rings. The SMILES string of the molecule is C[C@@]1(C(=O)O)CCCN1C(=O)C1CC(=O)N(c2cn[nH]c2)C1. The molecule has 0 saturated carbocycles. The summed E-state index contributed by atoms with van der Waals surface area (Å²) in [7, 11) is 0. The van der Waals surface area contributed by atoms with Gasteiger partial charge in [-0.15, -0.1) is 0 Å². The van der Waals surface area contributed by atoms with Crippen molar-refractivity contribution in [1.29, 1.82) is 0 Å². The number of nitrogens with one attached hydrogen (secondary N) is 1. The van der Waals surface area contributed by atoms with Crippen molar-refractivity contribution in [1.82, 2.24) is 15.1 Å². The first-order valence-corrected chi connectivity index (χ1v) is 7.27. The van der Waals surface area contributed by atoms with E-state index in [1.807, 2.05) is 0 Å². The molecule has 0 radical (unpaired) electrons. The predicted octanol–water partition coefficient (Wildman–Crippen LogP) is 0.228. The number of aromatic amines is 1. The number of nitrogens with zero attached hydrogens (tertiary/aromatic N) is 3. The largest absolute Gasteiger partial charge is 0.480 e. The van der Waals surface area contributed by atoms with Crippen LogP contribution < -0.4 is 4.90 Å². The van der Waals surface area contributed by atoms with Crippen LogP contribution in [-0.4, -0.2) is 56.6 Å². The molecule has 0 spiro atoms. The Bertz CT molecular complexity index is 614. The molecule has 22 heavy (non-hydrogen) atoms. The summed E-state index contributed by atoms with van der Waals surface area (Å²) >= 11 is 0. The number of H-pyrrole nitrogens is 1. The van der Waals surface area contributed by atoms with Crippen molar-refractivity contribution in [3.8, 4) is 0 Å². The summed E-state index contributed by atoms with van der Waals surface area (Å²) in [5.74, 6) is -1.88. The van der Waals surface area contributed by atoms with Crippen molar-refractivity contribution in [2.75, 3.05) is 18.0 Å². The van der Waals surface area contributed by atoms with Crippen LogP contribution >= 0.6 is 0 Å². The van der Waals surface area contributed by atoms with Crippen molar-refractivity contribution >= 4 is 23.5 Å². The minimum atomic E-state index is -1.16. The van der Waals surface area contributed by atoms with Gasteiger partial charge in [-0.3, -0.25) is 14.7 Å². The zero-order valence-electron chi connectivity index (χ0n) is 12.3. The van der Waals surface area contributed by atoms with Gasteiger partial charge in [0, 0.05) is 25.7 Å². The number of carboxylic acids is 1. The van der Waals surface area contributed by atoms with E-state index in [9.17, 15) is 19.5 Å². The molecule has 2 saturated heterocycles. The summed E-state index contributed by atoms with van der Waals surface area (Å²) in [4.78, 5) is 39.2. The van der Waals surface area contributed by atoms with Crippen LogP contribution in [0.15, 0.2) is 12.4 Å². The summed E-state index contributed by atoms with van der Waals surface area (Å²) in [5.41, 5.74) is -0.536. The van der Waals surface area contributed by atoms with Gasteiger partial charge in [0.05, 0.1) is 17.8 Å². The van der Waals surface area contributed by atoms with Gasteiger partial charge in [-0.1, -0.05) is 0 Å². The highest BCUT2D eigenvalue weighted by Crippen LogP contribution is 2.33. The molecule has 0 aromatic carbocycles. The van der Waals surface area contributed by atoms with E-state index in [0.29, 0.717) is 25.1 Å². The number of amides is 2. The number of aromatic nitrogens is 2. The molecule has 2 aliphatic heterocycles. The molecule has 8 nitrogen and oxygen atoms in total. The van der Waals surface area contributed by atoms with Crippen LogP contribution in [0.2, 0.25) is 0 Å². The molecule has 2 amide bonds. The van der Waals surface area contributed by atoms with Crippen LogP contribution in [0.25, 0.3) is 0 Å². The lowest BCUT2D eigenvalue weighted by Crippen LogP contribution is -2.52. The van der Waals surface area contributed by atoms with Crippen molar-refractivity contribution in [2.45, 2.75) is 31.7 Å². The summed E-state index contributed by atoms with van der Waals surface area (Å²) in [6.45, 7) is 2.27. The molecule has 1 aromatic heterocycles. The molecule has 118 valence electrons. The topological polar surface area (TPSA) is 107 Å². The normalized spacial score (nSPS) is 28.4. The molecule has 1 unspecified atom stereocenters. The number of likely N-dealkylation sites (tertiary alicyclic amines) is 1. The lowest BCUT2D eigenvalue weighted by molar-refractivity contribution is -0.156. The van der Waals surface area contributed by atoms with E-state index in [1.165, 1.54) is 16.0 Å². The van der Waals surface area contributed by atoms with Crippen molar-refractivity contribution in [3.05, 3.63) is 12.4 Å². The summed E-state index contributed by atoms with van der Waals surface area (Å²) in [6, 6.07) is 0. The first-order chi connectivity index (χ1) is 10.4. The van der Waals surface area contributed by atoms with E-state index < -0.39 is 17.4 Å². The van der Waals surface area contributed by atoms with E-state index >= 15 is 0 Å². The Morgan fingerprint density at radius 1 is 1.50 bits per heavy atom. The second kappa shape index (κ2) is 5.11. The van der Waals surface area contributed by atoms with Gasteiger partial charge in [0.15, 0.2) is 0 Å². The van der Waals surface area contributed by atoms with E-state index in [2.05, 4.69) is 10.2 Å². The highest BCUT2D eigenvalue weighted by atomic mass is 16.4. The second-order valence-corrected chi connectivity index (χ2v) is 6.03. The van der Waals surface area contributed by atoms with Gasteiger partial charge in [0.1, 0.15) is 5.54 Å².